The molecule has 5 nitrogen and oxygen atoms in total. The predicted molar refractivity (Wildman–Crippen MR) is 74.9 cm³/mol. The lowest BCUT2D eigenvalue weighted by Crippen LogP contribution is -2.26. The molecule has 0 heterocycles. The smallest absolute Gasteiger partial charge is 0.339 e. The number of nitriles is 1. The average Bonchev–Trinajstić information content (AvgIpc) is 2.53. The van der Waals surface area contributed by atoms with Gasteiger partial charge in [-0.15, -0.1) is 0 Å². The number of benzene rings is 2. The largest absolute Gasteiger partial charge is 0.444 e. The van der Waals surface area contributed by atoms with Gasteiger partial charge in [0, 0.05) is 5.56 Å². The topological polar surface area (TPSA) is 93.2 Å². The monoisotopic (exact) mass is 280 g/mol. The number of amides is 1. The standard InChI is InChI=1S/C16H12N2O3/c17-10-11-5-4-8-13(9-11)16(20)21-14(15(18)19)12-6-2-1-3-7-12/h1-9,14H,(H2,18,19). The molecule has 104 valence electrons. The van der Waals surface area contributed by atoms with Gasteiger partial charge < -0.3 is 10.5 Å². The molecule has 0 saturated heterocycles. The molecular weight excluding hydrogens is 268 g/mol. The number of nitrogens with zero attached hydrogens (tertiary/aromatic N) is 1. The summed E-state index contributed by atoms with van der Waals surface area (Å²) >= 11 is 0. The van der Waals surface area contributed by atoms with E-state index in [9.17, 15) is 9.59 Å². The molecule has 0 aliphatic carbocycles. The van der Waals surface area contributed by atoms with Crippen LogP contribution in [0.4, 0.5) is 0 Å². The van der Waals surface area contributed by atoms with E-state index in [-0.39, 0.29) is 5.56 Å². The van der Waals surface area contributed by atoms with Crippen LogP contribution in [-0.4, -0.2) is 11.9 Å². The maximum absolute atomic E-state index is 12.1. The molecule has 0 saturated carbocycles. The van der Waals surface area contributed by atoms with E-state index in [1.54, 1.807) is 42.5 Å². The van der Waals surface area contributed by atoms with Gasteiger partial charge in [-0.3, -0.25) is 4.79 Å². The van der Waals surface area contributed by atoms with E-state index in [0.717, 1.165) is 0 Å². The van der Waals surface area contributed by atoms with E-state index < -0.39 is 18.0 Å². The second-order valence-corrected chi connectivity index (χ2v) is 4.29. The molecule has 2 aromatic carbocycles. The van der Waals surface area contributed by atoms with Crippen molar-refractivity contribution in [1.29, 1.82) is 5.26 Å². The van der Waals surface area contributed by atoms with Gasteiger partial charge in [0.15, 0.2) is 0 Å². The van der Waals surface area contributed by atoms with Crippen LogP contribution in [0, 0.1) is 11.3 Å². The van der Waals surface area contributed by atoms with Gasteiger partial charge in [0.25, 0.3) is 5.91 Å². The number of primary amides is 1. The Kier molecular flexibility index (Phi) is 4.32. The summed E-state index contributed by atoms with van der Waals surface area (Å²) in [5.74, 6) is -1.47. The van der Waals surface area contributed by atoms with Crippen molar-refractivity contribution in [3.8, 4) is 6.07 Å². The van der Waals surface area contributed by atoms with Crippen molar-refractivity contribution >= 4 is 11.9 Å². The molecule has 0 radical (unpaired) electrons. The molecule has 21 heavy (non-hydrogen) atoms. The fraction of sp³-hybridized carbons (Fsp3) is 0.0625. The van der Waals surface area contributed by atoms with E-state index in [2.05, 4.69) is 0 Å². The van der Waals surface area contributed by atoms with Crippen LogP contribution < -0.4 is 5.73 Å². The quantitative estimate of drug-likeness (QED) is 0.866. The molecule has 0 aromatic heterocycles. The number of hydrogen-bond donors (Lipinski definition) is 1. The molecule has 5 heteroatoms. The van der Waals surface area contributed by atoms with Crippen molar-refractivity contribution in [2.75, 3.05) is 0 Å². The summed E-state index contributed by atoms with van der Waals surface area (Å²) in [5, 5.41) is 8.82. The van der Waals surface area contributed by atoms with Crippen molar-refractivity contribution < 1.29 is 14.3 Å². The van der Waals surface area contributed by atoms with Gasteiger partial charge in [-0.2, -0.15) is 5.26 Å². The van der Waals surface area contributed by atoms with Gasteiger partial charge in [-0.1, -0.05) is 36.4 Å². The molecule has 2 aromatic rings. The zero-order valence-electron chi connectivity index (χ0n) is 11.0. The van der Waals surface area contributed by atoms with Crippen LogP contribution in [0.15, 0.2) is 54.6 Å². The lowest BCUT2D eigenvalue weighted by Gasteiger charge is -2.15. The molecule has 0 aliphatic rings. The Labute approximate surface area is 121 Å². The third-order valence-corrected chi connectivity index (χ3v) is 2.81. The van der Waals surface area contributed by atoms with Gasteiger partial charge >= 0.3 is 5.97 Å². The zero-order chi connectivity index (χ0) is 15.2. The van der Waals surface area contributed by atoms with Crippen molar-refractivity contribution in [2.24, 2.45) is 5.73 Å². The SMILES string of the molecule is N#Cc1cccc(C(=O)OC(C(N)=O)c2ccccc2)c1. The van der Waals surface area contributed by atoms with Crippen LogP contribution in [0.25, 0.3) is 0 Å². The Hall–Kier alpha value is -3.13. The zero-order valence-corrected chi connectivity index (χ0v) is 11.0. The number of ether oxygens (including phenoxy) is 1. The van der Waals surface area contributed by atoms with Crippen LogP contribution >= 0.6 is 0 Å². The Morgan fingerprint density at radius 2 is 1.81 bits per heavy atom. The second-order valence-electron chi connectivity index (χ2n) is 4.29. The first-order valence-corrected chi connectivity index (χ1v) is 6.17. The highest BCUT2D eigenvalue weighted by molar-refractivity contribution is 5.92. The molecule has 1 atom stereocenters. The van der Waals surface area contributed by atoms with Crippen LogP contribution in [-0.2, 0) is 9.53 Å². The van der Waals surface area contributed by atoms with Gasteiger partial charge in [-0.25, -0.2) is 4.79 Å². The Morgan fingerprint density at radius 3 is 2.43 bits per heavy atom. The fourth-order valence-corrected chi connectivity index (χ4v) is 1.81. The minimum atomic E-state index is -1.16. The minimum absolute atomic E-state index is 0.191. The lowest BCUT2D eigenvalue weighted by atomic mass is 10.1. The summed E-state index contributed by atoms with van der Waals surface area (Å²) < 4.78 is 5.16. The summed E-state index contributed by atoms with van der Waals surface area (Å²) in [6.07, 6.45) is -1.16. The van der Waals surface area contributed by atoms with E-state index >= 15 is 0 Å². The highest BCUT2D eigenvalue weighted by atomic mass is 16.5. The van der Waals surface area contributed by atoms with Crippen LogP contribution in [0.1, 0.15) is 27.6 Å². The molecular formula is C16H12N2O3. The third-order valence-electron chi connectivity index (χ3n) is 2.81. The molecule has 0 aliphatic heterocycles. The summed E-state index contributed by atoms with van der Waals surface area (Å²) in [6.45, 7) is 0. The maximum atomic E-state index is 12.1. The molecule has 2 rings (SSSR count). The van der Waals surface area contributed by atoms with E-state index in [1.165, 1.54) is 12.1 Å². The average molecular weight is 280 g/mol. The first kappa shape index (κ1) is 14.3. The number of nitrogens with two attached hydrogens (primary N) is 1. The van der Waals surface area contributed by atoms with E-state index in [0.29, 0.717) is 11.1 Å². The number of esters is 1. The van der Waals surface area contributed by atoms with Crippen molar-refractivity contribution in [1.82, 2.24) is 0 Å². The highest BCUT2D eigenvalue weighted by Crippen LogP contribution is 2.19. The minimum Gasteiger partial charge on any atom is -0.444 e. The maximum Gasteiger partial charge on any atom is 0.339 e. The fourth-order valence-electron chi connectivity index (χ4n) is 1.81. The number of carbonyl (C=O) groups excluding carboxylic acids is 2. The Morgan fingerprint density at radius 1 is 1.10 bits per heavy atom. The number of carbonyl (C=O) groups is 2. The normalized spacial score (nSPS) is 11.2. The first-order valence-electron chi connectivity index (χ1n) is 6.17. The van der Waals surface area contributed by atoms with Gasteiger partial charge in [-0.05, 0) is 18.2 Å². The van der Waals surface area contributed by atoms with Crippen molar-refractivity contribution in [3.05, 3.63) is 71.3 Å². The lowest BCUT2D eigenvalue weighted by molar-refractivity contribution is -0.127. The van der Waals surface area contributed by atoms with Crippen molar-refractivity contribution in [3.63, 3.8) is 0 Å². The van der Waals surface area contributed by atoms with Crippen molar-refractivity contribution in [2.45, 2.75) is 6.10 Å². The molecule has 2 N–H and O–H groups in total. The van der Waals surface area contributed by atoms with Crippen LogP contribution in [0.5, 0.6) is 0 Å². The molecule has 0 bridgehead atoms. The summed E-state index contributed by atoms with van der Waals surface area (Å²) in [4.78, 5) is 23.5. The van der Waals surface area contributed by atoms with Crippen LogP contribution in [0.3, 0.4) is 0 Å². The Balaban J connectivity index is 2.23. The van der Waals surface area contributed by atoms with Gasteiger partial charge in [0.05, 0.1) is 17.2 Å². The molecule has 0 fully saturated rings. The summed E-state index contributed by atoms with van der Waals surface area (Å²) in [6, 6.07) is 16.5. The first-order chi connectivity index (χ1) is 10.1. The number of hydrogen-bond acceptors (Lipinski definition) is 4. The van der Waals surface area contributed by atoms with Gasteiger partial charge in [0.1, 0.15) is 0 Å². The number of rotatable bonds is 4. The summed E-state index contributed by atoms with van der Waals surface area (Å²) in [5.41, 5.74) is 6.30. The van der Waals surface area contributed by atoms with Crippen LogP contribution in [0.2, 0.25) is 0 Å². The highest BCUT2D eigenvalue weighted by Gasteiger charge is 2.23. The predicted octanol–water partition coefficient (Wildman–Crippen LogP) is 1.94. The third kappa shape index (κ3) is 3.45. The van der Waals surface area contributed by atoms with Gasteiger partial charge in [0.2, 0.25) is 6.10 Å². The van der Waals surface area contributed by atoms with E-state index in [1.807, 2.05) is 6.07 Å². The van der Waals surface area contributed by atoms with E-state index in [4.69, 9.17) is 15.7 Å². The Bertz CT molecular complexity index is 705. The molecule has 1 amide bonds. The second kappa shape index (κ2) is 6.35. The molecule has 1 unspecified atom stereocenters. The molecule has 0 spiro atoms. The summed E-state index contributed by atoms with van der Waals surface area (Å²) in [7, 11) is 0.